The van der Waals surface area contributed by atoms with Gasteiger partial charge in [0.05, 0.1) is 0 Å². The predicted octanol–water partition coefficient (Wildman–Crippen LogP) is 2.98. The smallest absolute Gasteiger partial charge is 0.0449 e. The Balaban J connectivity index is 1.87. The lowest BCUT2D eigenvalue weighted by Crippen LogP contribution is -2.13. The molecule has 1 fully saturated rings. The Hall–Kier alpha value is -0.930. The van der Waals surface area contributed by atoms with Gasteiger partial charge in [-0.15, -0.1) is 0 Å². The molecule has 1 aliphatic rings. The Labute approximate surface area is 116 Å². The second-order valence-corrected chi connectivity index (χ2v) is 5.79. The highest BCUT2D eigenvalue weighted by atomic mass is 16.3. The lowest BCUT2D eigenvalue weighted by Gasteiger charge is -2.21. The first-order chi connectivity index (χ1) is 9.29. The van der Waals surface area contributed by atoms with Crippen LogP contribution in [-0.4, -0.2) is 16.7 Å². The first-order valence-corrected chi connectivity index (χ1v) is 7.60. The fraction of sp³-hybridized carbons (Fsp3) is 0.688. The zero-order valence-corrected chi connectivity index (χ0v) is 11.7. The van der Waals surface area contributed by atoms with Crippen LogP contribution in [0.2, 0.25) is 0 Å². The van der Waals surface area contributed by atoms with Gasteiger partial charge >= 0.3 is 0 Å². The summed E-state index contributed by atoms with van der Waals surface area (Å²) in [6.45, 7) is 0.132. The Morgan fingerprint density at radius 2 is 2.05 bits per heavy atom. The van der Waals surface area contributed by atoms with E-state index in [9.17, 15) is 0 Å². The van der Waals surface area contributed by atoms with Crippen LogP contribution >= 0.6 is 0 Å². The van der Waals surface area contributed by atoms with Crippen molar-refractivity contribution in [2.45, 2.75) is 57.4 Å². The standard InChI is InChI=1S/C16H26N2O/c17-16(8-9-19)15-10-14(11-18-12-15)7-6-13-4-2-1-3-5-13/h10-13,16,19H,1-9,17H2. The molecule has 0 bridgehead atoms. The third-order valence-electron chi connectivity index (χ3n) is 4.25. The summed E-state index contributed by atoms with van der Waals surface area (Å²) in [5.74, 6) is 0.906. The molecule has 1 atom stereocenters. The van der Waals surface area contributed by atoms with Crippen molar-refractivity contribution in [1.29, 1.82) is 0 Å². The number of aromatic nitrogens is 1. The van der Waals surface area contributed by atoms with Crippen LogP contribution < -0.4 is 5.73 Å². The number of rotatable bonds is 6. The van der Waals surface area contributed by atoms with Gasteiger partial charge in [0.25, 0.3) is 0 Å². The molecule has 1 aromatic heterocycles. The minimum atomic E-state index is -0.0906. The van der Waals surface area contributed by atoms with Crippen LogP contribution in [0, 0.1) is 5.92 Å². The first kappa shape index (κ1) is 14.5. The maximum absolute atomic E-state index is 8.94. The summed E-state index contributed by atoms with van der Waals surface area (Å²) in [7, 11) is 0. The minimum absolute atomic E-state index is 0.0906. The fourth-order valence-corrected chi connectivity index (χ4v) is 3.00. The van der Waals surface area contributed by atoms with Crippen molar-refractivity contribution in [2.75, 3.05) is 6.61 Å². The van der Waals surface area contributed by atoms with Crippen LogP contribution in [0.5, 0.6) is 0 Å². The average Bonchev–Trinajstić information content (AvgIpc) is 2.47. The van der Waals surface area contributed by atoms with Crippen molar-refractivity contribution < 1.29 is 5.11 Å². The van der Waals surface area contributed by atoms with Crippen molar-refractivity contribution in [1.82, 2.24) is 4.98 Å². The van der Waals surface area contributed by atoms with Gasteiger partial charge in [0.15, 0.2) is 0 Å². The van der Waals surface area contributed by atoms with E-state index in [2.05, 4.69) is 11.1 Å². The summed E-state index contributed by atoms with van der Waals surface area (Å²) in [5, 5.41) is 8.94. The molecule has 1 saturated carbocycles. The van der Waals surface area contributed by atoms with Gasteiger partial charge in [-0.2, -0.15) is 0 Å². The van der Waals surface area contributed by atoms with E-state index in [1.807, 2.05) is 12.4 Å². The van der Waals surface area contributed by atoms with Crippen molar-refractivity contribution in [2.24, 2.45) is 11.7 Å². The van der Waals surface area contributed by atoms with Gasteiger partial charge in [0.1, 0.15) is 0 Å². The zero-order valence-electron chi connectivity index (χ0n) is 11.7. The normalized spacial score (nSPS) is 18.4. The van der Waals surface area contributed by atoms with E-state index in [4.69, 9.17) is 10.8 Å². The van der Waals surface area contributed by atoms with Gasteiger partial charge < -0.3 is 10.8 Å². The van der Waals surface area contributed by atoms with Crippen LogP contribution in [0.3, 0.4) is 0 Å². The highest BCUT2D eigenvalue weighted by Crippen LogP contribution is 2.27. The number of hydrogen-bond donors (Lipinski definition) is 2. The van der Waals surface area contributed by atoms with Gasteiger partial charge in [-0.3, -0.25) is 4.98 Å². The second kappa shape index (κ2) is 7.61. The molecule has 3 nitrogen and oxygen atoms in total. The molecule has 0 aromatic carbocycles. The molecular weight excluding hydrogens is 236 g/mol. The maximum atomic E-state index is 8.94. The summed E-state index contributed by atoms with van der Waals surface area (Å²) < 4.78 is 0. The highest BCUT2D eigenvalue weighted by molar-refractivity contribution is 5.21. The highest BCUT2D eigenvalue weighted by Gasteiger charge is 2.13. The monoisotopic (exact) mass is 262 g/mol. The molecule has 106 valence electrons. The van der Waals surface area contributed by atoms with E-state index in [0.29, 0.717) is 6.42 Å². The summed E-state index contributed by atoms with van der Waals surface area (Å²) >= 11 is 0. The van der Waals surface area contributed by atoms with E-state index in [-0.39, 0.29) is 12.6 Å². The van der Waals surface area contributed by atoms with Gasteiger partial charge in [-0.05, 0) is 36.3 Å². The van der Waals surface area contributed by atoms with E-state index < -0.39 is 0 Å². The molecule has 1 heterocycles. The van der Waals surface area contributed by atoms with Gasteiger partial charge in [0, 0.05) is 25.0 Å². The largest absolute Gasteiger partial charge is 0.396 e. The quantitative estimate of drug-likeness (QED) is 0.828. The van der Waals surface area contributed by atoms with Crippen LogP contribution in [0.4, 0.5) is 0 Å². The summed E-state index contributed by atoms with van der Waals surface area (Å²) in [4.78, 5) is 4.29. The van der Waals surface area contributed by atoms with Crippen LogP contribution in [0.1, 0.15) is 62.1 Å². The Morgan fingerprint density at radius 3 is 2.79 bits per heavy atom. The van der Waals surface area contributed by atoms with Gasteiger partial charge in [0.2, 0.25) is 0 Å². The van der Waals surface area contributed by atoms with Crippen molar-refractivity contribution in [3.8, 4) is 0 Å². The van der Waals surface area contributed by atoms with Crippen molar-refractivity contribution in [3.05, 3.63) is 29.6 Å². The first-order valence-electron chi connectivity index (χ1n) is 7.60. The lowest BCUT2D eigenvalue weighted by molar-refractivity contribution is 0.276. The SMILES string of the molecule is NC(CCO)c1cncc(CCC2CCCCC2)c1. The molecule has 0 saturated heterocycles. The third-order valence-corrected chi connectivity index (χ3v) is 4.25. The Bertz CT molecular complexity index is 375. The number of hydrogen-bond acceptors (Lipinski definition) is 3. The maximum Gasteiger partial charge on any atom is 0.0449 e. The number of nitrogens with two attached hydrogens (primary N) is 1. The molecule has 1 unspecified atom stereocenters. The number of pyridine rings is 1. The summed E-state index contributed by atoms with van der Waals surface area (Å²) in [5.41, 5.74) is 8.35. The molecule has 0 aliphatic heterocycles. The average molecular weight is 262 g/mol. The predicted molar refractivity (Wildman–Crippen MR) is 77.8 cm³/mol. The molecule has 0 radical (unpaired) electrons. The summed E-state index contributed by atoms with van der Waals surface area (Å²) in [6.07, 6.45) is 13.8. The molecule has 3 heteroatoms. The molecule has 19 heavy (non-hydrogen) atoms. The topological polar surface area (TPSA) is 59.1 Å². The van der Waals surface area contributed by atoms with Crippen LogP contribution in [-0.2, 0) is 6.42 Å². The summed E-state index contributed by atoms with van der Waals surface area (Å²) in [6, 6.07) is 2.07. The van der Waals surface area contributed by atoms with Crippen molar-refractivity contribution >= 4 is 0 Å². The fourth-order valence-electron chi connectivity index (χ4n) is 3.00. The number of aryl methyl sites for hydroxylation is 1. The van der Waals surface area contributed by atoms with Crippen LogP contribution in [0.15, 0.2) is 18.5 Å². The molecule has 2 rings (SSSR count). The van der Waals surface area contributed by atoms with E-state index in [1.54, 1.807) is 0 Å². The molecule has 0 spiro atoms. The van der Waals surface area contributed by atoms with Gasteiger partial charge in [-0.1, -0.05) is 38.2 Å². The number of nitrogens with zero attached hydrogens (tertiary/aromatic N) is 1. The Kier molecular flexibility index (Phi) is 5.80. The van der Waals surface area contributed by atoms with Gasteiger partial charge in [-0.25, -0.2) is 0 Å². The second-order valence-electron chi connectivity index (χ2n) is 5.79. The number of aliphatic hydroxyl groups is 1. The molecule has 1 aliphatic carbocycles. The molecule has 1 aromatic rings. The third kappa shape index (κ3) is 4.59. The van der Waals surface area contributed by atoms with E-state index in [1.165, 1.54) is 44.1 Å². The lowest BCUT2D eigenvalue weighted by atomic mass is 9.85. The molecule has 0 amide bonds. The van der Waals surface area contributed by atoms with E-state index >= 15 is 0 Å². The zero-order chi connectivity index (χ0) is 13.5. The Morgan fingerprint density at radius 1 is 1.26 bits per heavy atom. The van der Waals surface area contributed by atoms with Crippen LogP contribution in [0.25, 0.3) is 0 Å². The molecule has 3 N–H and O–H groups in total. The number of aliphatic hydroxyl groups excluding tert-OH is 1. The minimum Gasteiger partial charge on any atom is -0.396 e. The van der Waals surface area contributed by atoms with E-state index in [0.717, 1.165) is 17.9 Å². The van der Waals surface area contributed by atoms with Crippen molar-refractivity contribution in [3.63, 3.8) is 0 Å². The molecular formula is C16H26N2O.